The van der Waals surface area contributed by atoms with Gasteiger partial charge in [0, 0.05) is 12.3 Å². The lowest BCUT2D eigenvalue weighted by Gasteiger charge is -2.19. The van der Waals surface area contributed by atoms with E-state index >= 15 is 0 Å². The summed E-state index contributed by atoms with van der Waals surface area (Å²) in [5, 5.41) is 13.6. The van der Waals surface area contributed by atoms with Gasteiger partial charge in [0.15, 0.2) is 0 Å². The van der Waals surface area contributed by atoms with Gasteiger partial charge < -0.3 is 14.6 Å². The summed E-state index contributed by atoms with van der Waals surface area (Å²) in [5.41, 5.74) is 0.306. The Labute approximate surface area is 168 Å². The molecule has 0 atom stereocenters. The summed E-state index contributed by atoms with van der Waals surface area (Å²) in [6.07, 6.45) is 0.904. The molecular weight excluding hydrogens is 372 g/mol. The molecule has 150 valence electrons. The van der Waals surface area contributed by atoms with E-state index in [0.717, 1.165) is 10.8 Å². The lowest BCUT2D eigenvalue weighted by molar-refractivity contribution is 0.0633. The Morgan fingerprint density at radius 1 is 1.03 bits per heavy atom. The Morgan fingerprint density at radius 2 is 1.72 bits per heavy atom. The number of carboxylic acids is 1. The first kappa shape index (κ1) is 20.1. The third-order valence-electron chi connectivity index (χ3n) is 4.09. The van der Waals surface area contributed by atoms with Gasteiger partial charge in [-0.15, -0.1) is 0 Å². The zero-order chi connectivity index (χ0) is 21.2. The molecule has 0 saturated heterocycles. The van der Waals surface area contributed by atoms with E-state index in [4.69, 9.17) is 9.47 Å². The molecule has 0 aliphatic rings. The number of carboxylic acid groups (broad SMARTS) is 1. The molecule has 0 fully saturated rings. The van der Waals surface area contributed by atoms with E-state index in [1.54, 1.807) is 64.1 Å². The molecule has 7 nitrogen and oxygen atoms in total. The van der Waals surface area contributed by atoms with Gasteiger partial charge >= 0.3 is 12.1 Å². The van der Waals surface area contributed by atoms with E-state index < -0.39 is 17.7 Å². The number of aromatic nitrogens is 1. The number of fused-ring (bicyclic) bond motifs is 1. The fraction of sp³-hybridized carbons (Fsp3) is 0.227. The third kappa shape index (κ3) is 5.01. The minimum atomic E-state index is -0.970. The van der Waals surface area contributed by atoms with Gasteiger partial charge in [-0.1, -0.05) is 12.1 Å². The molecule has 1 heterocycles. The number of aryl methyl sites for hydroxylation is 1. The van der Waals surface area contributed by atoms with Gasteiger partial charge in [0.05, 0.1) is 5.56 Å². The second-order valence-corrected chi connectivity index (χ2v) is 7.53. The number of nitrogens with one attached hydrogen (secondary N) is 1. The Bertz CT molecular complexity index is 1090. The molecule has 0 bridgehead atoms. The molecule has 0 spiro atoms. The zero-order valence-corrected chi connectivity index (χ0v) is 16.6. The minimum Gasteiger partial charge on any atom is -0.478 e. The van der Waals surface area contributed by atoms with E-state index in [-0.39, 0.29) is 5.56 Å². The number of carbonyl (C=O) groups is 2. The Balaban J connectivity index is 1.83. The van der Waals surface area contributed by atoms with Gasteiger partial charge in [-0.05, 0) is 68.3 Å². The number of ether oxygens (including phenoxy) is 2. The van der Waals surface area contributed by atoms with Gasteiger partial charge in [0.1, 0.15) is 22.9 Å². The maximum atomic E-state index is 11.9. The van der Waals surface area contributed by atoms with Crippen LogP contribution in [-0.4, -0.2) is 27.8 Å². The molecule has 2 N–H and O–H groups in total. The Hall–Kier alpha value is -3.61. The molecule has 0 radical (unpaired) electrons. The molecule has 1 aromatic heterocycles. The molecule has 3 rings (SSSR count). The predicted octanol–water partition coefficient (Wildman–Crippen LogP) is 5.38. The van der Waals surface area contributed by atoms with Gasteiger partial charge in [-0.3, -0.25) is 5.32 Å². The summed E-state index contributed by atoms with van der Waals surface area (Å²) >= 11 is 0. The topological polar surface area (TPSA) is 97.8 Å². The molecular formula is C22H22N2O5. The third-order valence-corrected chi connectivity index (χ3v) is 4.09. The summed E-state index contributed by atoms with van der Waals surface area (Å²) in [7, 11) is 0. The van der Waals surface area contributed by atoms with Crippen molar-refractivity contribution in [3.63, 3.8) is 0 Å². The fourth-order valence-electron chi connectivity index (χ4n) is 2.83. The van der Waals surface area contributed by atoms with Crippen molar-refractivity contribution in [2.45, 2.75) is 33.3 Å². The highest BCUT2D eigenvalue weighted by atomic mass is 16.6. The summed E-state index contributed by atoms with van der Waals surface area (Å²) in [4.78, 5) is 27.4. The normalized spacial score (nSPS) is 11.2. The molecule has 3 aromatic rings. The predicted molar refractivity (Wildman–Crippen MR) is 110 cm³/mol. The smallest absolute Gasteiger partial charge is 0.413 e. The van der Waals surface area contributed by atoms with Crippen LogP contribution in [0, 0.1) is 6.92 Å². The first-order chi connectivity index (χ1) is 13.6. The van der Waals surface area contributed by atoms with E-state index in [0.29, 0.717) is 22.9 Å². The summed E-state index contributed by atoms with van der Waals surface area (Å²) in [6.45, 7) is 7.09. The summed E-state index contributed by atoms with van der Waals surface area (Å²) < 4.78 is 11.1. The van der Waals surface area contributed by atoms with Crippen molar-refractivity contribution in [2.75, 3.05) is 5.32 Å². The number of hydrogen-bond donors (Lipinski definition) is 2. The van der Waals surface area contributed by atoms with Crippen molar-refractivity contribution in [1.82, 2.24) is 4.98 Å². The van der Waals surface area contributed by atoms with Crippen LogP contribution < -0.4 is 10.1 Å². The van der Waals surface area contributed by atoms with Crippen molar-refractivity contribution in [3.8, 4) is 11.5 Å². The van der Waals surface area contributed by atoms with Gasteiger partial charge in [-0.25, -0.2) is 14.6 Å². The number of nitrogens with zero attached hydrogens (tertiary/aromatic N) is 1. The monoisotopic (exact) mass is 394 g/mol. The molecule has 29 heavy (non-hydrogen) atoms. The van der Waals surface area contributed by atoms with Crippen LogP contribution in [0.15, 0.2) is 48.7 Å². The van der Waals surface area contributed by atoms with Crippen LogP contribution in [0.1, 0.15) is 36.7 Å². The van der Waals surface area contributed by atoms with Crippen molar-refractivity contribution < 1.29 is 24.2 Å². The number of anilines is 1. The van der Waals surface area contributed by atoms with Crippen LogP contribution in [0.2, 0.25) is 0 Å². The largest absolute Gasteiger partial charge is 0.478 e. The maximum absolute atomic E-state index is 11.9. The summed E-state index contributed by atoms with van der Waals surface area (Å²) in [6, 6.07) is 12.1. The van der Waals surface area contributed by atoms with Gasteiger partial charge in [0.2, 0.25) is 0 Å². The van der Waals surface area contributed by atoms with E-state index in [1.807, 2.05) is 6.07 Å². The average molecular weight is 394 g/mol. The molecule has 2 aromatic carbocycles. The second kappa shape index (κ2) is 7.79. The highest BCUT2D eigenvalue weighted by molar-refractivity contribution is 5.98. The highest BCUT2D eigenvalue weighted by Crippen LogP contribution is 2.29. The van der Waals surface area contributed by atoms with Crippen LogP contribution in [0.3, 0.4) is 0 Å². The van der Waals surface area contributed by atoms with Crippen LogP contribution in [0.25, 0.3) is 10.8 Å². The number of aromatic carboxylic acids is 1. The second-order valence-electron chi connectivity index (χ2n) is 7.53. The molecule has 7 heteroatoms. The fourth-order valence-corrected chi connectivity index (χ4v) is 2.83. The highest BCUT2D eigenvalue weighted by Gasteiger charge is 2.17. The Kier molecular flexibility index (Phi) is 5.41. The maximum Gasteiger partial charge on any atom is 0.413 e. The SMILES string of the molecule is Cc1c(C(=O)O)ccc2ccc(Oc3ccnc(NC(=O)OC(C)(C)C)c3)cc12. The molecule has 0 aliphatic carbocycles. The number of amides is 1. The van der Waals surface area contributed by atoms with Crippen LogP contribution in [0.5, 0.6) is 11.5 Å². The average Bonchev–Trinajstić information content (AvgIpc) is 2.61. The minimum absolute atomic E-state index is 0.252. The molecule has 0 unspecified atom stereocenters. The standard InChI is InChI=1S/C22H22N2O5/c1-13-17(20(25)26)8-6-14-5-7-15(11-18(13)14)28-16-9-10-23-19(12-16)24-21(27)29-22(2,3)4/h5-12H,1-4H3,(H,25,26)(H,23,24,27). The molecule has 0 aliphatic heterocycles. The number of benzene rings is 2. The quantitative estimate of drug-likeness (QED) is 0.616. The lowest BCUT2D eigenvalue weighted by Crippen LogP contribution is -2.27. The van der Waals surface area contributed by atoms with Crippen molar-refractivity contribution in [2.24, 2.45) is 0 Å². The molecule has 1 amide bonds. The van der Waals surface area contributed by atoms with Crippen LogP contribution >= 0.6 is 0 Å². The van der Waals surface area contributed by atoms with Gasteiger partial charge in [0.25, 0.3) is 0 Å². The van der Waals surface area contributed by atoms with Crippen LogP contribution in [0.4, 0.5) is 10.6 Å². The van der Waals surface area contributed by atoms with E-state index in [9.17, 15) is 14.7 Å². The number of carbonyl (C=O) groups excluding carboxylic acids is 1. The van der Waals surface area contributed by atoms with Crippen molar-refractivity contribution in [1.29, 1.82) is 0 Å². The first-order valence-electron chi connectivity index (χ1n) is 9.03. The lowest BCUT2D eigenvalue weighted by atomic mass is 10.00. The van der Waals surface area contributed by atoms with Crippen molar-refractivity contribution in [3.05, 3.63) is 59.8 Å². The first-order valence-corrected chi connectivity index (χ1v) is 9.03. The summed E-state index contributed by atoms with van der Waals surface area (Å²) in [5.74, 6) is 0.333. The van der Waals surface area contributed by atoms with Crippen LogP contribution in [-0.2, 0) is 4.74 Å². The van der Waals surface area contributed by atoms with E-state index in [1.165, 1.54) is 6.20 Å². The molecule has 0 saturated carbocycles. The zero-order valence-electron chi connectivity index (χ0n) is 16.6. The number of pyridine rings is 1. The van der Waals surface area contributed by atoms with Gasteiger partial charge in [-0.2, -0.15) is 0 Å². The Morgan fingerprint density at radius 3 is 2.41 bits per heavy atom. The number of hydrogen-bond acceptors (Lipinski definition) is 5. The van der Waals surface area contributed by atoms with E-state index in [2.05, 4.69) is 10.3 Å². The van der Waals surface area contributed by atoms with Crippen molar-refractivity contribution >= 4 is 28.7 Å². The number of rotatable bonds is 4.